The smallest absolute Gasteiger partial charge is 0.190 e. The van der Waals surface area contributed by atoms with E-state index in [-0.39, 0.29) is 5.82 Å². The predicted octanol–water partition coefficient (Wildman–Crippen LogP) is 3.81. The number of halogens is 1. The molecule has 106 valence electrons. The van der Waals surface area contributed by atoms with Crippen LogP contribution in [0.2, 0.25) is 0 Å². The quantitative estimate of drug-likeness (QED) is 0.934. The highest BCUT2D eigenvalue weighted by Gasteiger charge is 2.24. The van der Waals surface area contributed by atoms with Crippen LogP contribution in [-0.4, -0.2) is 16.6 Å². The molecular weight excluding hydrogens is 275 g/mol. The average molecular weight is 292 g/mol. The van der Waals surface area contributed by atoms with Crippen LogP contribution >= 0.6 is 11.3 Å². The van der Waals surface area contributed by atoms with Crippen LogP contribution in [0.15, 0.2) is 24.3 Å². The summed E-state index contributed by atoms with van der Waals surface area (Å²) >= 11 is 1.63. The number of hydrogen-bond acceptors (Lipinski definition) is 4. The summed E-state index contributed by atoms with van der Waals surface area (Å²) in [6.07, 6.45) is 2.36. The van der Waals surface area contributed by atoms with E-state index in [2.05, 4.69) is 9.88 Å². The number of aromatic nitrogens is 1. The average Bonchev–Trinajstić information content (AvgIpc) is 2.87. The minimum atomic E-state index is -0.435. The molecule has 0 fully saturated rings. The van der Waals surface area contributed by atoms with E-state index < -0.39 is 6.10 Å². The monoisotopic (exact) mass is 292 g/mol. The zero-order chi connectivity index (χ0) is 14.1. The van der Waals surface area contributed by atoms with Gasteiger partial charge >= 0.3 is 0 Å². The molecule has 0 bridgehead atoms. The molecule has 1 N–H and O–H groups in total. The summed E-state index contributed by atoms with van der Waals surface area (Å²) in [6.45, 7) is 2.80. The summed E-state index contributed by atoms with van der Waals surface area (Å²) in [5, 5.41) is 10.9. The Hall–Kier alpha value is -1.46. The summed E-state index contributed by atoms with van der Waals surface area (Å²) in [7, 11) is 0. The number of thiazole rings is 1. The molecule has 2 aromatic rings. The van der Waals surface area contributed by atoms with Gasteiger partial charge in [0.25, 0.3) is 0 Å². The first kappa shape index (κ1) is 13.5. The molecule has 1 atom stereocenters. The Bertz CT molecular complexity index is 596. The summed E-state index contributed by atoms with van der Waals surface area (Å²) in [5.41, 5.74) is 1.76. The van der Waals surface area contributed by atoms with E-state index in [1.807, 2.05) is 6.92 Å². The molecule has 1 aliphatic rings. The van der Waals surface area contributed by atoms with Gasteiger partial charge in [0.2, 0.25) is 0 Å². The molecular formula is C15H17FN2OS. The third-order valence-electron chi connectivity index (χ3n) is 3.60. The standard InChI is InChI=1S/C15H17FN2OS/c1-2-18(11-8-6-10(16)7-9-11)15-17-14-12(19)4-3-5-13(14)20-15/h6-9,12,19H,2-5H2,1H3. The number of anilines is 2. The molecule has 0 spiro atoms. The van der Waals surface area contributed by atoms with E-state index in [1.54, 1.807) is 23.5 Å². The van der Waals surface area contributed by atoms with Crippen LogP contribution in [0, 0.1) is 5.82 Å². The van der Waals surface area contributed by atoms with E-state index >= 15 is 0 Å². The van der Waals surface area contributed by atoms with Gasteiger partial charge in [0, 0.05) is 17.1 Å². The second kappa shape index (κ2) is 5.50. The molecule has 5 heteroatoms. The van der Waals surface area contributed by atoms with Gasteiger partial charge in [-0.2, -0.15) is 0 Å². The Kier molecular flexibility index (Phi) is 3.72. The Labute approximate surface area is 121 Å². The van der Waals surface area contributed by atoms with Crippen molar-refractivity contribution in [1.82, 2.24) is 4.98 Å². The summed E-state index contributed by atoms with van der Waals surface area (Å²) in [6, 6.07) is 6.44. The van der Waals surface area contributed by atoms with Crippen molar-refractivity contribution in [2.24, 2.45) is 0 Å². The van der Waals surface area contributed by atoms with Crippen molar-refractivity contribution in [2.45, 2.75) is 32.3 Å². The highest BCUT2D eigenvalue weighted by molar-refractivity contribution is 7.15. The number of nitrogens with zero attached hydrogens (tertiary/aromatic N) is 2. The highest BCUT2D eigenvalue weighted by Crippen LogP contribution is 2.38. The zero-order valence-electron chi connectivity index (χ0n) is 11.3. The number of rotatable bonds is 3. The molecule has 1 heterocycles. The SMILES string of the molecule is CCN(c1ccc(F)cc1)c1nc2c(s1)CCCC2O. The molecule has 1 aliphatic carbocycles. The Balaban J connectivity index is 1.95. The number of aliphatic hydroxyl groups excluding tert-OH is 1. The second-order valence-corrected chi connectivity index (χ2v) is 6.00. The molecule has 0 aliphatic heterocycles. The lowest BCUT2D eigenvalue weighted by Crippen LogP contribution is -2.16. The molecule has 3 nitrogen and oxygen atoms in total. The number of hydrogen-bond donors (Lipinski definition) is 1. The van der Waals surface area contributed by atoms with Crippen molar-refractivity contribution < 1.29 is 9.50 Å². The number of fused-ring (bicyclic) bond motifs is 1. The second-order valence-electron chi connectivity index (χ2n) is 4.93. The normalized spacial score (nSPS) is 17.9. The summed E-state index contributed by atoms with van der Waals surface area (Å²) < 4.78 is 13.0. The molecule has 20 heavy (non-hydrogen) atoms. The van der Waals surface area contributed by atoms with Crippen LogP contribution in [0.4, 0.5) is 15.2 Å². The third-order valence-corrected chi connectivity index (χ3v) is 4.75. The maximum absolute atomic E-state index is 13.0. The first-order valence-corrected chi connectivity index (χ1v) is 7.71. The van der Waals surface area contributed by atoms with Gasteiger partial charge in [0.15, 0.2) is 5.13 Å². The van der Waals surface area contributed by atoms with Crippen LogP contribution in [0.3, 0.4) is 0 Å². The summed E-state index contributed by atoms with van der Waals surface area (Å²) in [5.74, 6) is -0.237. The van der Waals surface area contributed by atoms with Gasteiger partial charge in [-0.1, -0.05) is 0 Å². The molecule has 0 saturated carbocycles. The van der Waals surface area contributed by atoms with Gasteiger partial charge in [0.05, 0.1) is 11.8 Å². The lowest BCUT2D eigenvalue weighted by Gasteiger charge is -2.19. The van der Waals surface area contributed by atoms with Crippen molar-refractivity contribution in [3.8, 4) is 0 Å². The lowest BCUT2D eigenvalue weighted by atomic mass is 10.0. The maximum atomic E-state index is 13.0. The Morgan fingerprint density at radius 3 is 2.80 bits per heavy atom. The van der Waals surface area contributed by atoms with Crippen molar-refractivity contribution >= 4 is 22.2 Å². The van der Waals surface area contributed by atoms with Crippen molar-refractivity contribution in [3.63, 3.8) is 0 Å². The van der Waals surface area contributed by atoms with Crippen molar-refractivity contribution in [2.75, 3.05) is 11.4 Å². The summed E-state index contributed by atoms with van der Waals surface area (Å²) in [4.78, 5) is 7.83. The molecule has 1 aromatic carbocycles. The highest BCUT2D eigenvalue weighted by atomic mass is 32.1. The van der Waals surface area contributed by atoms with Crippen LogP contribution in [0.5, 0.6) is 0 Å². The number of aliphatic hydroxyl groups is 1. The van der Waals surface area contributed by atoms with Gasteiger partial charge < -0.3 is 10.0 Å². The minimum absolute atomic E-state index is 0.237. The van der Waals surface area contributed by atoms with Crippen LogP contribution < -0.4 is 4.90 Å². The van der Waals surface area contributed by atoms with Gasteiger partial charge in [-0.15, -0.1) is 11.3 Å². The largest absolute Gasteiger partial charge is 0.387 e. The van der Waals surface area contributed by atoms with Crippen LogP contribution in [0.1, 0.15) is 36.4 Å². The van der Waals surface area contributed by atoms with E-state index in [9.17, 15) is 9.50 Å². The van der Waals surface area contributed by atoms with E-state index in [1.165, 1.54) is 17.0 Å². The van der Waals surface area contributed by atoms with E-state index in [4.69, 9.17) is 0 Å². The van der Waals surface area contributed by atoms with Gasteiger partial charge in [-0.05, 0) is 50.5 Å². The van der Waals surface area contributed by atoms with Gasteiger partial charge in [-0.3, -0.25) is 0 Å². The molecule has 1 unspecified atom stereocenters. The Morgan fingerprint density at radius 2 is 2.15 bits per heavy atom. The minimum Gasteiger partial charge on any atom is -0.387 e. The molecule has 0 radical (unpaired) electrons. The molecule has 3 rings (SSSR count). The van der Waals surface area contributed by atoms with Crippen molar-refractivity contribution in [1.29, 1.82) is 0 Å². The maximum Gasteiger partial charge on any atom is 0.190 e. The molecule has 0 saturated heterocycles. The van der Waals surface area contributed by atoms with Gasteiger partial charge in [0.1, 0.15) is 5.82 Å². The fourth-order valence-electron chi connectivity index (χ4n) is 2.55. The lowest BCUT2D eigenvalue weighted by molar-refractivity contribution is 0.153. The number of aryl methyl sites for hydroxylation is 1. The topological polar surface area (TPSA) is 36.4 Å². The zero-order valence-corrected chi connectivity index (χ0v) is 12.2. The fourth-order valence-corrected chi connectivity index (χ4v) is 3.79. The fraction of sp³-hybridized carbons (Fsp3) is 0.400. The van der Waals surface area contributed by atoms with E-state index in [0.29, 0.717) is 0 Å². The first-order chi connectivity index (χ1) is 9.69. The predicted molar refractivity (Wildman–Crippen MR) is 79.1 cm³/mol. The van der Waals surface area contributed by atoms with Gasteiger partial charge in [-0.25, -0.2) is 9.37 Å². The third kappa shape index (κ3) is 2.43. The first-order valence-electron chi connectivity index (χ1n) is 6.90. The Morgan fingerprint density at radius 1 is 1.40 bits per heavy atom. The molecule has 1 aromatic heterocycles. The van der Waals surface area contributed by atoms with E-state index in [0.717, 1.165) is 42.3 Å². The van der Waals surface area contributed by atoms with Crippen molar-refractivity contribution in [3.05, 3.63) is 40.7 Å². The van der Waals surface area contributed by atoms with Crippen LogP contribution in [0.25, 0.3) is 0 Å². The van der Waals surface area contributed by atoms with Crippen LogP contribution in [-0.2, 0) is 6.42 Å². The molecule has 0 amide bonds. The number of benzene rings is 1.